The number of aromatic nitrogens is 1. The Morgan fingerprint density at radius 2 is 2.23 bits per heavy atom. The minimum absolute atomic E-state index is 0.664. The van der Waals surface area contributed by atoms with Gasteiger partial charge in [0.2, 0.25) is 5.89 Å². The Balaban J connectivity index is 1.49. The molecule has 4 nitrogen and oxygen atoms in total. The highest BCUT2D eigenvalue weighted by Gasteiger charge is 2.35. The van der Waals surface area contributed by atoms with Crippen LogP contribution in [-0.2, 0) is 6.54 Å². The van der Waals surface area contributed by atoms with E-state index in [1.165, 1.54) is 25.9 Å². The van der Waals surface area contributed by atoms with Crippen molar-refractivity contribution in [2.45, 2.75) is 25.4 Å². The Kier molecular flexibility index (Phi) is 4.03. The van der Waals surface area contributed by atoms with Gasteiger partial charge in [-0.3, -0.25) is 4.90 Å². The van der Waals surface area contributed by atoms with Crippen LogP contribution in [0.15, 0.2) is 39.4 Å². The number of likely N-dealkylation sites (tertiary alicyclic amines) is 1. The standard InChI is InChI=1S/C17H20BrN3O/c18-15-4-2-1-3-14(15)17-20-13(11-22-17)10-21-8-6-12-5-7-19-9-16(12)21/h1-4,11-12,16,19H,5-10H2. The number of rotatable bonds is 3. The Bertz CT molecular complexity index is 657. The van der Waals surface area contributed by atoms with Gasteiger partial charge in [0.15, 0.2) is 0 Å². The first-order chi connectivity index (χ1) is 10.8. The van der Waals surface area contributed by atoms with E-state index in [2.05, 4.69) is 31.1 Å². The number of fused-ring (bicyclic) bond motifs is 1. The lowest BCUT2D eigenvalue weighted by molar-refractivity contribution is 0.186. The van der Waals surface area contributed by atoms with E-state index < -0.39 is 0 Å². The van der Waals surface area contributed by atoms with Gasteiger partial charge in [0.05, 0.1) is 11.3 Å². The minimum atomic E-state index is 0.664. The van der Waals surface area contributed by atoms with Crippen LogP contribution in [0.5, 0.6) is 0 Å². The fraction of sp³-hybridized carbons (Fsp3) is 0.471. The molecule has 2 fully saturated rings. The maximum Gasteiger partial charge on any atom is 0.227 e. The summed E-state index contributed by atoms with van der Waals surface area (Å²) in [6.45, 7) is 4.34. The van der Waals surface area contributed by atoms with Gasteiger partial charge < -0.3 is 9.73 Å². The van der Waals surface area contributed by atoms with Gasteiger partial charge in [-0.2, -0.15) is 0 Å². The van der Waals surface area contributed by atoms with Crippen LogP contribution >= 0.6 is 15.9 Å². The van der Waals surface area contributed by atoms with Gasteiger partial charge >= 0.3 is 0 Å². The third kappa shape index (κ3) is 2.73. The van der Waals surface area contributed by atoms with E-state index in [-0.39, 0.29) is 0 Å². The molecule has 22 heavy (non-hydrogen) atoms. The fourth-order valence-electron chi connectivity index (χ4n) is 3.70. The largest absolute Gasteiger partial charge is 0.444 e. The highest BCUT2D eigenvalue weighted by molar-refractivity contribution is 9.10. The summed E-state index contributed by atoms with van der Waals surface area (Å²) < 4.78 is 6.71. The first kappa shape index (κ1) is 14.4. The average molecular weight is 362 g/mol. The molecule has 2 aliphatic rings. The van der Waals surface area contributed by atoms with Crippen LogP contribution in [0.3, 0.4) is 0 Å². The fourth-order valence-corrected chi connectivity index (χ4v) is 4.15. The monoisotopic (exact) mass is 361 g/mol. The normalized spacial score (nSPS) is 25.3. The molecule has 0 saturated carbocycles. The molecule has 0 amide bonds. The van der Waals surface area contributed by atoms with E-state index >= 15 is 0 Å². The van der Waals surface area contributed by atoms with Gasteiger partial charge in [0.1, 0.15) is 6.26 Å². The topological polar surface area (TPSA) is 41.3 Å². The zero-order valence-corrected chi connectivity index (χ0v) is 14.1. The van der Waals surface area contributed by atoms with Crippen LogP contribution in [0, 0.1) is 5.92 Å². The maximum absolute atomic E-state index is 5.69. The second-order valence-corrected chi connectivity index (χ2v) is 7.06. The molecule has 1 aromatic carbocycles. The molecule has 116 valence electrons. The molecule has 0 radical (unpaired) electrons. The van der Waals surface area contributed by atoms with Gasteiger partial charge in [-0.25, -0.2) is 4.98 Å². The number of hydrogen-bond donors (Lipinski definition) is 1. The number of hydrogen-bond acceptors (Lipinski definition) is 4. The number of oxazole rings is 1. The van der Waals surface area contributed by atoms with Gasteiger partial charge in [-0.05, 0) is 59.9 Å². The van der Waals surface area contributed by atoms with Crippen molar-refractivity contribution < 1.29 is 4.42 Å². The summed E-state index contributed by atoms with van der Waals surface area (Å²) in [5, 5.41) is 3.52. The zero-order valence-electron chi connectivity index (χ0n) is 12.5. The highest BCUT2D eigenvalue weighted by Crippen LogP contribution is 2.31. The van der Waals surface area contributed by atoms with Crippen LogP contribution in [0.25, 0.3) is 11.5 Å². The van der Waals surface area contributed by atoms with Crippen LogP contribution in [0.2, 0.25) is 0 Å². The van der Waals surface area contributed by atoms with Crippen molar-refractivity contribution in [3.63, 3.8) is 0 Å². The molecular formula is C17H20BrN3O. The molecule has 0 spiro atoms. The summed E-state index contributed by atoms with van der Waals surface area (Å²) in [7, 11) is 0. The number of benzene rings is 1. The predicted molar refractivity (Wildman–Crippen MR) is 89.4 cm³/mol. The van der Waals surface area contributed by atoms with Crippen molar-refractivity contribution in [2.75, 3.05) is 19.6 Å². The van der Waals surface area contributed by atoms with Gasteiger partial charge in [-0.1, -0.05) is 12.1 Å². The molecule has 2 saturated heterocycles. The van der Waals surface area contributed by atoms with E-state index in [9.17, 15) is 0 Å². The third-order valence-electron chi connectivity index (χ3n) is 4.87. The Labute approximate surface area is 139 Å². The Morgan fingerprint density at radius 1 is 1.32 bits per heavy atom. The first-order valence-corrected chi connectivity index (χ1v) is 8.74. The first-order valence-electron chi connectivity index (χ1n) is 7.95. The third-order valence-corrected chi connectivity index (χ3v) is 5.56. The number of piperidine rings is 1. The van der Waals surface area contributed by atoms with Gasteiger partial charge in [0.25, 0.3) is 0 Å². The zero-order chi connectivity index (χ0) is 14.9. The summed E-state index contributed by atoms with van der Waals surface area (Å²) >= 11 is 3.56. The van der Waals surface area contributed by atoms with Crippen molar-refractivity contribution in [3.05, 3.63) is 40.7 Å². The lowest BCUT2D eigenvalue weighted by atomic mass is 9.93. The van der Waals surface area contributed by atoms with Gasteiger partial charge in [-0.15, -0.1) is 0 Å². The summed E-state index contributed by atoms with van der Waals surface area (Å²) in [6, 6.07) is 8.70. The molecule has 0 aliphatic carbocycles. The number of halogens is 1. The van der Waals surface area contributed by atoms with Crippen LogP contribution in [0.1, 0.15) is 18.5 Å². The number of nitrogens with zero attached hydrogens (tertiary/aromatic N) is 2. The maximum atomic E-state index is 5.69. The molecule has 1 aromatic heterocycles. The molecular weight excluding hydrogens is 342 g/mol. The van der Waals surface area contributed by atoms with Crippen molar-refractivity contribution in [2.24, 2.45) is 5.92 Å². The van der Waals surface area contributed by atoms with E-state index in [1.54, 1.807) is 6.26 Å². The molecule has 2 atom stereocenters. The molecule has 0 bridgehead atoms. The second-order valence-electron chi connectivity index (χ2n) is 6.20. The quantitative estimate of drug-likeness (QED) is 0.910. The second kappa shape index (κ2) is 6.14. The average Bonchev–Trinajstić information content (AvgIpc) is 3.16. The summed E-state index contributed by atoms with van der Waals surface area (Å²) in [6.07, 6.45) is 4.43. The van der Waals surface area contributed by atoms with Crippen molar-refractivity contribution in [1.29, 1.82) is 0 Å². The molecule has 4 rings (SSSR count). The van der Waals surface area contributed by atoms with Crippen molar-refractivity contribution in [3.8, 4) is 11.5 Å². The lowest BCUT2D eigenvalue weighted by Crippen LogP contribution is -2.45. The Morgan fingerprint density at radius 3 is 3.14 bits per heavy atom. The Hall–Kier alpha value is -1.17. The number of nitrogens with one attached hydrogen (secondary N) is 1. The SMILES string of the molecule is Brc1ccccc1-c1nc(CN2CCC3CCNCC32)co1. The predicted octanol–water partition coefficient (Wildman–Crippen LogP) is 3.29. The summed E-state index contributed by atoms with van der Waals surface area (Å²) in [5.74, 6) is 1.55. The highest BCUT2D eigenvalue weighted by atomic mass is 79.9. The molecule has 1 N–H and O–H groups in total. The van der Waals surface area contributed by atoms with E-state index in [4.69, 9.17) is 4.42 Å². The molecule has 2 aromatic rings. The van der Waals surface area contributed by atoms with Gasteiger partial charge in [0, 0.05) is 23.6 Å². The lowest BCUT2D eigenvalue weighted by Gasteiger charge is -2.31. The molecule has 2 aliphatic heterocycles. The molecule has 3 heterocycles. The summed E-state index contributed by atoms with van der Waals surface area (Å²) in [5.41, 5.74) is 2.03. The van der Waals surface area contributed by atoms with Crippen molar-refractivity contribution in [1.82, 2.24) is 15.2 Å². The van der Waals surface area contributed by atoms with Crippen LogP contribution in [0.4, 0.5) is 0 Å². The minimum Gasteiger partial charge on any atom is -0.444 e. The smallest absolute Gasteiger partial charge is 0.227 e. The van der Waals surface area contributed by atoms with Crippen LogP contribution in [-0.4, -0.2) is 35.6 Å². The molecule has 5 heteroatoms. The van der Waals surface area contributed by atoms with E-state index in [0.29, 0.717) is 11.9 Å². The van der Waals surface area contributed by atoms with Crippen molar-refractivity contribution >= 4 is 15.9 Å². The van der Waals surface area contributed by atoms with E-state index in [0.717, 1.165) is 34.7 Å². The molecule has 2 unspecified atom stereocenters. The van der Waals surface area contributed by atoms with Crippen LogP contribution < -0.4 is 5.32 Å². The van der Waals surface area contributed by atoms with E-state index in [1.807, 2.05) is 24.3 Å². The summed E-state index contributed by atoms with van der Waals surface area (Å²) in [4.78, 5) is 7.24.